The molecule has 1 N–H and O–H groups in total. The van der Waals surface area contributed by atoms with E-state index in [1.54, 1.807) is 20.2 Å². The zero-order chi connectivity index (χ0) is 15.8. The molecular weight excluding hydrogens is 271 g/mol. The number of carbonyl (C=O) groups is 1. The smallest absolute Gasteiger partial charge is 0.225 e. The number of rotatable bonds is 8. The van der Waals surface area contributed by atoms with Crippen molar-refractivity contribution in [2.75, 3.05) is 27.2 Å². The second-order valence-corrected chi connectivity index (χ2v) is 5.64. The predicted octanol–water partition coefficient (Wildman–Crippen LogP) is 2.43. The van der Waals surface area contributed by atoms with Crippen LogP contribution in [0.1, 0.15) is 25.8 Å². The Kier molecular flexibility index (Phi) is 7.15. The molecule has 1 aromatic carbocycles. The van der Waals surface area contributed by atoms with Crippen molar-refractivity contribution in [1.29, 1.82) is 0 Å². The molecular formula is C16H25FN2O2. The van der Waals surface area contributed by atoms with Gasteiger partial charge in [0.05, 0.1) is 13.0 Å². The summed E-state index contributed by atoms with van der Waals surface area (Å²) in [5.41, 5.74) is 0.771. The highest BCUT2D eigenvalue weighted by Gasteiger charge is 2.11. The van der Waals surface area contributed by atoms with E-state index < -0.39 is 5.82 Å². The van der Waals surface area contributed by atoms with Gasteiger partial charge in [0.25, 0.3) is 0 Å². The van der Waals surface area contributed by atoms with E-state index in [2.05, 4.69) is 19.2 Å². The van der Waals surface area contributed by atoms with E-state index in [1.165, 1.54) is 11.0 Å². The van der Waals surface area contributed by atoms with Gasteiger partial charge in [-0.2, -0.15) is 0 Å². The molecule has 0 atom stereocenters. The zero-order valence-corrected chi connectivity index (χ0v) is 13.3. The van der Waals surface area contributed by atoms with Gasteiger partial charge in [0, 0.05) is 26.2 Å². The number of carbonyl (C=O) groups excluding carboxylic acids is 1. The molecule has 0 saturated carbocycles. The van der Waals surface area contributed by atoms with Crippen molar-refractivity contribution in [3.05, 3.63) is 29.6 Å². The van der Waals surface area contributed by atoms with Gasteiger partial charge in [-0.05, 0) is 18.5 Å². The first kappa shape index (κ1) is 17.4. The SMILES string of the molecule is CC(C)CNCc1cccc(F)c1OCCC(=O)N(C)C. The minimum Gasteiger partial charge on any atom is -0.490 e. The molecule has 0 radical (unpaired) electrons. The first-order valence-electron chi connectivity index (χ1n) is 7.23. The van der Waals surface area contributed by atoms with Gasteiger partial charge in [-0.15, -0.1) is 0 Å². The Bertz CT molecular complexity index is 462. The third kappa shape index (κ3) is 6.12. The number of halogens is 1. The van der Waals surface area contributed by atoms with Gasteiger partial charge >= 0.3 is 0 Å². The molecule has 0 saturated heterocycles. The van der Waals surface area contributed by atoms with E-state index in [4.69, 9.17) is 4.74 Å². The van der Waals surface area contributed by atoms with Crippen molar-refractivity contribution >= 4 is 5.91 Å². The van der Waals surface area contributed by atoms with Crippen molar-refractivity contribution in [1.82, 2.24) is 10.2 Å². The summed E-state index contributed by atoms with van der Waals surface area (Å²) < 4.78 is 19.4. The van der Waals surface area contributed by atoms with Crippen LogP contribution in [-0.2, 0) is 11.3 Å². The number of amides is 1. The summed E-state index contributed by atoms with van der Waals surface area (Å²) in [5.74, 6) is 0.336. The molecule has 0 aliphatic carbocycles. The molecule has 0 unspecified atom stereocenters. The summed E-state index contributed by atoms with van der Waals surface area (Å²) in [4.78, 5) is 13.0. The summed E-state index contributed by atoms with van der Waals surface area (Å²) in [6, 6.07) is 4.87. The summed E-state index contributed by atoms with van der Waals surface area (Å²) in [6.45, 7) is 5.81. The summed E-state index contributed by atoms with van der Waals surface area (Å²) in [6.07, 6.45) is 0.236. The van der Waals surface area contributed by atoms with Crippen molar-refractivity contribution in [3.63, 3.8) is 0 Å². The Balaban J connectivity index is 2.60. The highest BCUT2D eigenvalue weighted by Crippen LogP contribution is 2.22. The quantitative estimate of drug-likeness (QED) is 0.801. The van der Waals surface area contributed by atoms with Crippen LogP contribution in [0.25, 0.3) is 0 Å². The van der Waals surface area contributed by atoms with E-state index in [1.807, 2.05) is 6.07 Å². The van der Waals surface area contributed by atoms with Crippen LogP contribution in [0.4, 0.5) is 4.39 Å². The fourth-order valence-electron chi connectivity index (χ4n) is 1.81. The molecule has 0 aliphatic heterocycles. The molecule has 0 aliphatic rings. The maximum absolute atomic E-state index is 13.9. The fourth-order valence-corrected chi connectivity index (χ4v) is 1.81. The molecule has 0 aromatic heterocycles. The lowest BCUT2D eigenvalue weighted by Crippen LogP contribution is -2.24. The lowest BCUT2D eigenvalue weighted by Gasteiger charge is -2.15. The lowest BCUT2D eigenvalue weighted by molar-refractivity contribution is -0.129. The van der Waals surface area contributed by atoms with E-state index >= 15 is 0 Å². The minimum absolute atomic E-state index is 0.0363. The van der Waals surface area contributed by atoms with Crippen LogP contribution in [0.2, 0.25) is 0 Å². The van der Waals surface area contributed by atoms with E-state index in [-0.39, 0.29) is 24.7 Å². The van der Waals surface area contributed by atoms with Crippen LogP contribution in [0.15, 0.2) is 18.2 Å². The third-order valence-electron chi connectivity index (χ3n) is 2.98. The maximum Gasteiger partial charge on any atom is 0.225 e. The van der Waals surface area contributed by atoms with Crippen LogP contribution in [0, 0.1) is 11.7 Å². The summed E-state index contributed by atoms with van der Waals surface area (Å²) >= 11 is 0. The molecule has 21 heavy (non-hydrogen) atoms. The molecule has 0 fully saturated rings. The summed E-state index contributed by atoms with van der Waals surface area (Å²) in [5, 5.41) is 3.26. The van der Waals surface area contributed by atoms with Crippen molar-refractivity contribution < 1.29 is 13.9 Å². The van der Waals surface area contributed by atoms with Crippen LogP contribution in [0.5, 0.6) is 5.75 Å². The zero-order valence-electron chi connectivity index (χ0n) is 13.3. The number of nitrogens with one attached hydrogen (secondary N) is 1. The van der Waals surface area contributed by atoms with Crippen molar-refractivity contribution in [3.8, 4) is 5.75 Å². The highest BCUT2D eigenvalue weighted by molar-refractivity contribution is 5.75. The molecule has 0 bridgehead atoms. The average molecular weight is 296 g/mol. The van der Waals surface area contributed by atoms with Crippen LogP contribution in [-0.4, -0.2) is 38.1 Å². The van der Waals surface area contributed by atoms with E-state index in [9.17, 15) is 9.18 Å². The Labute approximate surface area is 126 Å². The topological polar surface area (TPSA) is 41.6 Å². The van der Waals surface area contributed by atoms with E-state index in [0.717, 1.165) is 12.1 Å². The maximum atomic E-state index is 13.9. The average Bonchev–Trinajstić information content (AvgIpc) is 2.40. The third-order valence-corrected chi connectivity index (χ3v) is 2.98. The Morgan fingerprint density at radius 2 is 2.10 bits per heavy atom. The molecule has 1 aromatic rings. The molecule has 0 spiro atoms. The first-order chi connectivity index (χ1) is 9.91. The number of ether oxygens (including phenoxy) is 1. The predicted molar refractivity (Wildman–Crippen MR) is 81.8 cm³/mol. The van der Waals surface area contributed by atoms with Gasteiger partial charge in [0.2, 0.25) is 5.91 Å². The number of nitrogens with zero attached hydrogens (tertiary/aromatic N) is 1. The van der Waals surface area contributed by atoms with Crippen LogP contribution in [0.3, 0.4) is 0 Å². The standard InChI is InChI=1S/C16H25FN2O2/c1-12(2)10-18-11-13-6-5-7-14(17)16(13)21-9-8-15(20)19(3)4/h5-7,12,18H,8-11H2,1-4H3. The van der Waals surface area contributed by atoms with Gasteiger partial charge in [-0.1, -0.05) is 26.0 Å². The first-order valence-corrected chi connectivity index (χ1v) is 7.23. The monoisotopic (exact) mass is 296 g/mol. The normalized spacial score (nSPS) is 10.8. The van der Waals surface area contributed by atoms with Gasteiger partial charge in [0.15, 0.2) is 11.6 Å². The van der Waals surface area contributed by atoms with Gasteiger partial charge in [-0.25, -0.2) is 4.39 Å². The fraction of sp³-hybridized carbons (Fsp3) is 0.562. The summed E-state index contributed by atoms with van der Waals surface area (Å²) in [7, 11) is 3.37. The molecule has 0 heterocycles. The molecule has 4 nitrogen and oxygen atoms in total. The van der Waals surface area contributed by atoms with Crippen molar-refractivity contribution in [2.24, 2.45) is 5.92 Å². The van der Waals surface area contributed by atoms with Gasteiger partial charge < -0.3 is 15.0 Å². The van der Waals surface area contributed by atoms with E-state index in [0.29, 0.717) is 12.5 Å². The largest absolute Gasteiger partial charge is 0.490 e. The van der Waals surface area contributed by atoms with Crippen LogP contribution < -0.4 is 10.1 Å². The Hall–Kier alpha value is -1.62. The molecule has 1 amide bonds. The lowest BCUT2D eigenvalue weighted by atomic mass is 10.1. The molecule has 5 heteroatoms. The number of para-hydroxylation sites is 1. The molecule has 118 valence electrons. The Morgan fingerprint density at radius 1 is 1.38 bits per heavy atom. The van der Waals surface area contributed by atoms with Crippen molar-refractivity contribution in [2.45, 2.75) is 26.8 Å². The highest BCUT2D eigenvalue weighted by atomic mass is 19.1. The van der Waals surface area contributed by atoms with Gasteiger partial charge in [-0.3, -0.25) is 4.79 Å². The molecule has 1 rings (SSSR count). The number of hydrogen-bond acceptors (Lipinski definition) is 3. The second kappa shape index (κ2) is 8.62. The van der Waals surface area contributed by atoms with Gasteiger partial charge in [0.1, 0.15) is 0 Å². The number of benzene rings is 1. The minimum atomic E-state index is -0.392. The number of hydrogen-bond donors (Lipinski definition) is 1. The van der Waals surface area contributed by atoms with Crippen LogP contribution >= 0.6 is 0 Å². The second-order valence-electron chi connectivity index (χ2n) is 5.64. The Morgan fingerprint density at radius 3 is 2.71 bits per heavy atom.